The number of rotatable bonds is 3. The Morgan fingerprint density at radius 2 is 2.16 bits per heavy atom. The maximum atomic E-state index is 12.1. The van der Waals surface area contributed by atoms with Crippen LogP contribution in [0, 0.1) is 10.5 Å². The first-order chi connectivity index (χ1) is 13.1. The first kappa shape index (κ1) is 13.8. The normalized spacial score (nSPS) is 13.2. The molecule has 0 aromatic carbocycles. The number of aromatic nitrogens is 6. The fourth-order valence-electron chi connectivity index (χ4n) is 2.49. The molecule has 0 saturated carbocycles. The minimum absolute atomic E-state index is 0.182. The molecule has 0 aliphatic heterocycles. The number of halogens is 1. The Balaban J connectivity index is 2.17. The van der Waals surface area contributed by atoms with Gasteiger partial charge in [-0.2, -0.15) is 5.10 Å². The lowest BCUT2D eigenvalue weighted by molar-refractivity contribution is 0.0587. The highest BCUT2D eigenvalue weighted by molar-refractivity contribution is 14.1. The van der Waals surface area contributed by atoms with E-state index < -0.39 is 12.9 Å². The van der Waals surface area contributed by atoms with Crippen LogP contribution < -0.4 is 5.73 Å². The zero-order valence-electron chi connectivity index (χ0n) is 16.6. The van der Waals surface area contributed by atoms with E-state index in [2.05, 4.69) is 20.4 Å². The zero-order chi connectivity index (χ0) is 20.8. The summed E-state index contributed by atoms with van der Waals surface area (Å²) in [5.74, 6) is -0.814. The third kappa shape index (κ3) is 2.86. The Labute approximate surface area is 161 Å². The van der Waals surface area contributed by atoms with Gasteiger partial charge in [-0.3, -0.25) is 9.67 Å². The lowest BCUT2D eigenvalue weighted by atomic mass is 10.1. The number of carbonyl (C=O) groups is 1. The van der Waals surface area contributed by atoms with Crippen LogP contribution in [0.4, 0.5) is 5.69 Å². The van der Waals surface area contributed by atoms with Crippen molar-refractivity contribution in [1.82, 2.24) is 29.8 Å². The number of hydrogen-bond donors (Lipinski definition) is 1. The zero-order valence-corrected chi connectivity index (χ0v) is 15.8. The largest absolute Gasteiger partial charge is 0.464 e. The number of ether oxygens (including phenoxy) is 1. The van der Waals surface area contributed by atoms with E-state index in [1.807, 2.05) is 29.5 Å². The molecule has 10 heteroatoms. The minimum atomic E-state index is -2.67. The van der Waals surface area contributed by atoms with Gasteiger partial charge in [0, 0.05) is 29.9 Å². The van der Waals surface area contributed by atoms with Gasteiger partial charge < -0.3 is 10.5 Å². The molecular formula is C15H16IN7O2. The average molecular weight is 456 g/mol. The molecule has 3 aromatic rings. The van der Waals surface area contributed by atoms with E-state index in [0.717, 1.165) is 5.69 Å². The molecule has 3 aromatic heterocycles. The maximum absolute atomic E-state index is 12.1. The van der Waals surface area contributed by atoms with Gasteiger partial charge in [0.1, 0.15) is 11.4 Å². The maximum Gasteiger partial charge on any atom is 0.357 e. The van der Waals surface area contributed by atoms with Crippen LogP contribution in [-0.4, -0.2) is 42.8 Å². The molecule has 3 heterocycles. The fourth-order valence-corrected chi connectivity index (χ4v) is 3.30. The molecular weight excluding hydrogens is 437 g/mol. The number of esters is 1. The number of hydrogen-bond acceptors (Lipinski definition) is 7. The molecule has 0 amide bonds. The number of nitrogen functional groups attached to an aromatic ring is 1. The summed E-state index contributed by atoms with van der Waals surface area (Å²) >= 11 is 1.84. The Kier molecular flexibility index (Phi) is 3.53. The van der Waals surface area contributed by atoms with Crippen LogP contribution in [0.25, 0.3) is 22.6 Å². The van der Waals surface area contributed by atoms with Crippen molar-refractivity contribution >= 4 is 34.2 Å². The highest BCUT2D eigenvalue weighted by Gasteiger charge is 2.24. The number of nitrogens with zero attached hydrogens (tertiary/aromatic N) is 6. The van der Waals surface area contributed by atoms with Gasteiger partial charge in [-0.05, 0) is 35.6 Å². The minimum Gasteiger partial charge on any atom is -0.464 e. The summed E-state index contributed by atoms with van der Waals surface area (Å²) in [5.41, 5.74) is 8.87. The predicted molar refractivity (Wildman–Crippen MR) is 99.6 cm³/mol. The van der Waals surface area contributed by atoms with Gasteiger partial charge in [0.15, 0.2) is 5.69 Å². The highest BCUT2D eigenvalue weighted by atomic mass is 127. The lowest BCUT2D eigenvalue weighted by Crippen LogP contribution is -2.09. The van der Waals surface area contributed by atoms with E-state index in [1.54, 1.807) is 24.0 Å². The molecule has 0 saturated heterocycles. The predicted octanol–water partition coefficient (Wildman–Crippen LogP) is 1.56. The van der Waals surface area contributed by atoms with Gasteiger partial charge in [0.25, 0.3) is 0 Å². The van der Waals surface area contributed by atoms with Crippen LogP contribution in [0.1, 0.15) is 20.3 Å². The van der Waals surface area contributed by atoms with Crippen molar-refractivity contribution in [2.75, 3.05) is 12.8 Å². The highest BCUT2D eigenvalue weighted by Crippen LogP contribution is 2.32. The topological polar surface area (TPSA) is 114 Å². The van der Waals surface area contributed by atoms with Gasteiger partial charge in [-0.1, -0.05) is 5.21 Å². The van der Waals surface area contributed by atoms with Crippen molar-refractivity contribution in [3.05, 3.63) is 27.2 Å². The Bertz CT molecular complexity index is 1060. The first-order valence-corrected chi connectivity index (χ1v) is 8.14. The summed E-state index contributed by atoms with van der Waals surface area (Å²) in [6, 6.07) is 1.68. The van der Waals surface area contributed by atoms with Crippen LogP contribution in [0.5, 0.6) is 0 Å². The van der Waals surface area contributed by atoms with Crippen molar-refractivity contribution < 1.29 is 13.6 Å². The van der Waals surface area contributed by atoms with Crippen LogP contribution in [-0.2, 0) is 18.8 Å². The van der Waals surface area contributed by atoms with Gasteiger partial charge in [0.2, 0.25) is 0 Å². The number of nitrogens with two attached hydrogens (primary N) is 1. The molecule has 25 heavy (non-hydrogen) atoms. The molecule has 2 N–H and O–H groups in total. The molecule has 0 radical (unpaired) electrons. The first-order valence-electron chi connectivity index (χ1n) is 8.56. The molecule has 0 aliphatic rings. The van der Waals surface area contributed by atoms with Gasteiger partial charge in [0.05, 0.1) is 27.8 Å². The number of anilines is 1. The van der Waals surface area contributed by atoms with Crippen LogP contribution >= 0.6 is 22.6 Å². The summed E-state index contributed by atoms with van der Waals surface area (Å²) in [6.45, 7) is -0.857. The SMILES string of the molecule is [2H]C([2H])([2H])n1nc(-c2ncc(-c3c(C)nnn3C)cc2N)c(I)c1C(=O)OC. The second kappa shape index (κ2) is 6.43. The Morgan fingerprint density at radius 3 is 2.72 bits per heavy atom. The van der Waals surface area contributed by atoms with Gasteiger partial charge >= 0.3 is 5.97 Å². The summed E-state index contributed by atoms with van der Waals surface area (Å²) < 4.78 is 30.2. The molecule has 130 valence electrons. The summed E-state index contributed by atoms with van der Waals surface area (Å²) in [6.07, 6.45) is 1.57. The molecule has 0 spiro atoms. The fraction of sp³-hybridized carbons (Fsp3) is 0.267. The van der Waals surface area contributed by atoms with Crippen LogP contribution in [0.2, 0.25) is 0 Å². The van der Waals surface area contributed by atoms with E-state index in [-0.39, 0.29) is 26.3 Å². The second-order valence-corrected chi connectivity index (χ2v) is 6.30. The second-order valence-electron chi connectivity index (χ2n) is 5.22. The van der Waals surface area contributed by atoms with E-state index in [1.165, 1.54) is 7.11 Å². The Morgan fingerprint density at radius 1 is 1.40 bits per heavy atom. The van der Waals surface area contributed by atoms with Crippen molar-refractivity contribution in [1.29, 1.82) is 0 Å². The van der Waals surface area contributed by atoms with Crippen molar-refractivity contribution in [2.24, 2.45) is 14.0 Å². The van der Waals surface area contributed by atoms with E-state index in [4.69, 9.17) is 14.6 Å². The molecule has 9 nitrogen and oxygen atoms in total. The van der Waals surface area contributed by atoms with Crippen molar-refractivity contribution in [3.63, 3.8) is 0 Å². The number of aryl methyl sites for hydroxylation is 3. The molecule has 0 bridgehead atoms. The lowest BCUT2D eigenvalue weighted by Gasteiger charge is -2.07. The molecule has 0 aliphatic carbocycles. The molecule has 0 unspecified atom stereocenters. The van der Waals surface area contributed by atoms with E-state index in [0.29, 0.717) is 15.9 Å². The summed E-state index contributed by atoms with van der Waals surface area (Å²) in [7, 11) is 2.92. The standard InChI is InChI=1S/C15H16IN7O2/c1-7-13(23(3)21-19-7)8-5-9(17)11(18-6-8)12-10(16)14(15(24)25-4)22(2)20-12/h5-6H,17H2,1-4H3/i2D3. The third-order valence-electron chi connectivity index (χ3n) is 3.62. The summed E-state index contributed by atoms with van der Waals surface area (Å²) in [4.78, 5) is 16.5. The molecule has 0 fully saturated rings. The number of carbonyl (C=O) groups excluding carboxylic acids is 1. The molecule has 0 atom stereocenters. The van der Waals surface area contributed by atoms with E-state index in [9.17, 15) is 4.79 Å². The third-order valence-corrected chi connectivity index (χ3v) is 4.64. The smallest absolute Gasteiger partial charge is 0.357 e. The van der Waals surface area contributed by atoms with Gasteiger partial charge in [-0.15, -0.1) is 5.10 Å². The molecule has 3 rings (SSSR count). The average Bonchev–Trinajstić information content (AvgIpc) is 3.13. The number of pyridine rings is 1. The van der Waals surface area contributed by atoms with Gasteiger partial charge in [-0.25, -0.2) is 9.48 Å². The number of methoxy groups -OCH3 is 1. The van der Waals surface area contributed by atoms with Crippen LogP contribution in [0.3, 0.4) is 0 Å². The quantitative estimate of drug-likeness (QED) is 0.470. The van der Waals surface area contributed by atoms with Crippen LogP contribution in [0.15, 0.2) is 12.3 Å². The van der Waals surface area contributed by atoms with Crippen molar-refractivity contribution in [3.8, 4) is 22.6 Å². The summed E-state index contributed by atoms with van der Waals surface area (Å²) in [5, 5.41) is 12.0. The monoisotopic (exact) mass is 456 g/mol. The Hall–Kier alpha value is -2.50. The van der Waals surface area contributed by atoms with E-state index >= 15 is 0 Å². The van der Waals surface area contributed by atoms with Crippen molar-refractivity contribution in [2.45, 2.75) is 6.92 Å².